The van der Waals surface area contributed by atoms with Crippen molar-refractivity contribution < 1.29 is 0 Å². The molecule has 0 spiro atoms. The minimum Gasteiger partial charge on any atom is -0.355 e. The van der Waals surface area contributed by atoms with E-state index in [4.69, 9.17) is 4.98 Å². The van der Waals surface area contributed by atoms with Crippen molar-refractivity contribution >= 4 is 11.8 Å². The molecule has 1 aliphatic rings. The van der Waals surface area contributed by atoms with Crippen LogP contribution in [0.1, 0.15) is 32.4 Å². The fourth-order valence-electron chi connectivity index (χ4n) is 3.29. The number of hydrogen-bond acceptors (Lipinski definition) is 5. The predicted octanol–water partition coefficient (Wildman–Crippen LogP) is 2.27. The van der Waals surface area contributed by atoms with Crippen molar-refractivity contribution in [1.29, 1.82) is 0 Å². The van der Waals surface area contributed by atoms with E-state index in [0.717, 1.165) is 42.9 Å². The molecule has 0 amide bonds. The third-order valence-corrected chi connectivity index (χ3v) is 4.57. The fraction of sp³-hybridized carbons (Fsp3) is 0.765. The van der Waals surface area contributed by atoms with Crippen molar-refractivity contribution in [2.45, 2.75) is 39.2 Å². The Morgan fingerprint density at radius 1 is 1.14 bits per heavy atom. The van der Waals surface area contributed by atoms with Crippen molar-refractivity contribution in [3.8, 4) is 0 Å². The first-order valence-electron chi connectivity index (χ1n) is 8.42. The maximum absolute atomic E-state index is 4.77. The van der Waals surface area contributed by atoms with E-state index in [9.17, 15) is 0 Å². The number of hydrogen-bond donors (Lipinski definition) is 0. The van der Waals surface area contributed by atoms with Crippen LogP contribution in [-0.2, 0) is 6.42 Å². The van der Waals surface area contributed by atoms with E-state index in [1.807, 2.05) is 19.0 Å². The minimum absolute atomic E-state index is 0.614. The number of rotatable bonds is 6. The van der Waals surface area contributed by atoms with Crippen LogP contribution in [0.3, 0.4) is 0 Å². The monoisotopic (exact) mass is 305 g/mol. The lowest BCUT2D eigenvalue weighted by Crippen LogP contribution is -2.35. The number of likely N-dealkylation sites (N-methyl/N-ethyl adjacent to an activating group) is 1. The zero-order chi connectivity index (χ0) is 16.3. The Bertz CT molecular complexity index is 486. The molecule has 5 nitrogen and oxygen atoms in total. The Kier molecular flexibility index (Phi) is 5.62. The number of nitrogens with zero attached hydrogens (tertiary/aromatic N) is 5. The Labute approximate surface area is 135 Å². The van der Waals surface area contributed by atoms with Gasteiger partial charge in [-0.05, 0) is 32.9 Å². The van der Waals surface area contributed by atoms with E-state index in [1.54, 1.807) is 0 Å². The zero-order valence-electron chi connectivity index (χ0n) is 15.0. The molecule has 124 valence electrons. The summed E-state index contributed by atoms with van der Waals surface area (Å²) in [6.07, 6.45) is 3.47. The van der Waals surface area contributed by atoms with Crippen LogP contribution in [0.4, 0.5) is 11.8 Å². The van der Waals surface area contributed by atoms with Gasteiger partial charge in [0.15, 0.2) is 0 Å². The van der Waals surface area contributed by atoms with Gasteiger partial charge in [0.1, 0.15) is 5.82 Å². The van der Waals surface area contributed by atoms with Gasteiger partial charge in [-0.25, -0.2) is 4.98 Å². The normalized spacial score (nSPS) is 21.7. The summed E-state index contributed by atoms with van der Waals surface area (Å²) >= 11 is 0. The van der Waals surface area contributed by atoms with Crippen LogP contribution in [-0.4, -0.2) is 62.2 Å². The summed E-state index contributed by atoms with van der Waals surface area (Å²) < 4.78 is 0. The first kappa shape index (κ1) is 17.0. The molecule has 2 atom stereocenters. The van der Waals surface area contributed by atoms with Gasteiger partial charge in [-0.2, -0.15) is 4.98 Å². The molecule has 1 aromatic heterocycles. The van der Waals surface area contributed by atoms with Crippen LogP contribution < -0.4 is 9.80 Å². The molecule has 2 rings (SSSR count). The van der Waals surface area contributed by atoms with Gasteiger partial charge >= 0.3 is 0 Å². The highest BCUT2D eigenvalue weighted by atomic mass is 15.3. The lowest BCUT2D eigenvalue weighted by Gasteiger charge is -2.24. The van der Waals surface area contributed by atoms with E-state index >= 15 is 0 Å². The zero-order valence-corrected chi connectivity index (χ0v) is 15.0. The second kappa shape index (κ2) is 7.27. The van der Waals surface area contributed by atoms with E-state index < -0.39 is 0 Å². The molecule has 1 aromatic rings. The first-order chi connectivity index (χ1) is 10.5. The summed E-state index contributed by atoms with van der Waals surface area (Å²) in [6.45, 7) is 6.59. The van der Waals surface area contributed by atoms with Gasteiger partial charge in [0.2, 0.25) is 5.95 Å². The van der Waals surface area contributed by atoms with Crippen molar-refractivity contribution in [2.75, 3.05) is 51.1 Å². The van der Waals surface area contributed by atoms with Gasteiger partial charge in [0.05, 0.1) is 0 Å². The fourth-order valence-corrected chi connectivity index (χ4v) is 3.29. The molecule has 0 N–H and O–H groups in total. The molecule has 0 saturated carbocycles. The standard InChI is InChI=1S/C17H31N5/c1-7-9-13-11-22(12-15(13)20(3)4)16-10-14(8-2)18-17(19-16)21(5)6/h10,13,15H,7-9,11-12H2,1-6H3/t13-,15-/m1/s1. The van der Waals surface area contributed by atoms with Crippen LogP contribution in [0.25, 0.3) is 0 Å². The molecule has 22 heavy (non-hydrogen) atoms. The van der Waals surface area contributed by atoms with Crippen LogP contribution in [0.2, 0.25) is 0 Å². The van der Waals surface area contributed by atoms with Crippen LogP contribution in [0.5, 0.6) is 0 Å². The quantitative estimate of drug-likeness (QED) is 0.806. The topological polar surface area (TPSA) is 35.5 Å². The SMILES string of the molecule is CCC[C@@H]1CN(c2cc(CC)nc(N(C)C)n2)C[C@H]1N(C)C. The number of anilines is 2. The van der Waals surface area contributed by atoms with Gasteiger partial charge in [0, 0.05) is 45.0 Å². The Morgan fingerprint density at radius 2 is 1.86 bits per heavy atom. The minimum atomic E-state index is 0.614. The van der Waals surface area contributed by atoms with Gasteiger partial charge in [0.25, 0.3) is 0 Å². The van der Waals surface area contributed by atoms with E-state index in [-0.39, 0.29) is 0 Å². The van der Waals surface area contributed by atoms with Gasteiger partial charge in [-0.3, -0.25) is 0 Å². The van der Waals surface area contributed by atoms with Gasteiger partial charge in [-0.1, -0.05) is 20.3 Å². The Hall–Kier alpha value is -1.36. The van der Waals surface area contributed by atoms with Gasteiger partial charge in [-0.15, -0.1) is 0 Å². The maximum Gasteiger partial charge on any atom is 0.227 e. The lowest BCUT2D eigenvalue weighted by atomic mass is 9.98. The summed E-state index contributed by atoms with van der Waals surface area (Å²) in [5.74, 6) is 2.62. The molecule has 1 aliphatic heterocycles. The highest BCUT2D eigenvalue weighted by Crippen LogP contribution is 2.29. The molecule has 2 heterocycles. The molecular formula is C17H31N5. The van der Waals surface area contributed by atoms with E-state index in [0.29, 0.717) is 6.04 Å². The average Bonchev–Trinajstić information content (AvgIpc) is 2.91. The van der Waals surface area contributed by atoms with Crippen molar-refractivity contribution in [1.82, 2.24) is 14.9 Å². The average molecular weight is 305 g/mol. The third kappa shape index (κ3) is 3.69. The molecule has 0 unspecified atom stereocenters. The summed E-state index contributed by atoms with van der Waals surface area (Å²) in [5.41, 5.74) is 1.12. The molecule has 0 bridgehead atoms. The van der Waals surface area contributed by atoms with E-state index in [1.165, 1.54) is 12.8 Å². The lowest BCUT2D eigenvalue weighted by molar-refractivity contribution is 0.246. The highest BCUT2D eigenvalue weighted by Gasteiger charge is 2.34. The van der Waals surface area contributed by atoms with Gasteiger partial charge < -0.3 is 14.7 Å². The Morgan fingerprint density at radius 3 is 2.41 bits per heavy atom. The number of aryl methyl sites for hydroxylation is 1. The van der Waals surface area contributed by atoms with E-state index in [2.05, 4.69) is 48.8 Å². The van der Waals surface area contributed by atoms with Crippen molar-refractivity contribution in [2.24, 2.45) is 5.92 Å². The smallest absolute Gasteiger partial charge is 0.227 e. The molecule has 0 aliphatic carbocycles. The Balaban J connectivity index is 2.26. The molecule has 0 aromatic carbocycles. The highest BCUT2D eigenvalue weighted by molar-refractivity contribution is 5.47. The predicted molar refractivity (Wildman–Crippen MR) is 93.8 cm³/mol. The largest absolute Gasteiger partial charge is 0.355 e. The summed E-state index contributed by atoms with van der Waals surface area (Å²) in [4.78, 5) is 16.2. The summed E-state index contributed by atoms with van der Waals surface area (Å²) in [5, 5.41) is 0. The summed E-state index contributed by atoms with van der Waals surface area (Å²) in [7, 11) is 8.40. The summed E-state index contributed by atoms with van der Waals surface area (Å²) in [6, 6.07) is 2.77. The molecular weight excluding hydrogens is 274 g/mol. The maximum atomic E-state index is 4.77. The number of aromatic nitrogens is 2. The van der Waals surface area contributed by atoms with Crippen LogP contribution >= 0.6 is 0 Å². The molecule has 0 radical (unpaired) electrons. The molecule has 5 heteroatoms. The third-order valence-electron chi connectivity index (χ3n) is 4.57. The van der Waals surface area contributed by atoms with Crippen molar-refractivity contribution in [3.05, 3.63) is 11.8 Å². The van der Waals surface area contributed by atoms with Crippen LogP contribution in [0.15, 0.2) is 6.07 Å². The van der Waals surface area contributed by atoms with Crippen molar-refractivity contribution in [3.63, 3.8) is 0 Å². The van der Waals surface area contributed by atoms with Crippen LogP contribution in [0, 0.1) is 5.92 Å². The second-order valence-electron chi connectivity index (χ2n) is 6.75. The second-order valence-corrected chi connectivity index (χ2v) is 6.75. The first-order valence-corrected chi connectivity index (χ1v) is 8.42. The molecule has 1 saturated heterocycles. The molecule has 1 fully saturated rings.